The first-order chi connectivity index (χ1) is 18.4. The number of phenolic OH excluding ortho intramolecular Hbond substituents is 2. The molecule has 2 atom stereocenters. The van der Waals surface area contributed by atoms with E-state index in [0.717, 1.165) is 35.9 Å². The number of Topliss-reactive ketones (excluding diaryl/α,β-unsaturated/α-hetero) is 2. The highest BCUT2D eigenvalue weighted by molar-refractivity contribution is 6.32. The minimum absolute atomic E-state index is 0.0132. The van der Waals surface area contributed by atoms with Gasteiger partial charge in [-0.3, -0.25) is 14.4 Å². The number of fused-ring (bicyclic) bond motifs is 6. The summed E-state index contributed by atoms with van der Waals surface area (Å²) in [6.45, 7) is 5.98. The Balaban J connectivity index is 1.45. The summed E-state index contributed by atoms with van der Waals surface area (Å²) < 4.78 is 5.85. The lowest BCUT2D eigenvalue weighted by atomic mass is 9.70. The van der Waals surface area contributed by atoms with Crippen molar-refractivity contribution in [3.8, 4) is 17.2 Å². The Morgan fingerprint density at radius 3 is 2.67 bits per heavy atom. The monoisotopic (exact) mass is 546 g/mol. The molecule has 0 radical (unpaired) electrons. The maximum Gasteiger partial charge on any atom is 0.194 e. The van der Waals surface area contributed by atoms with E-state index in [1.807, 2.05) is 18.2 Å². The summed E-state index contributed by atoms with van der Waals surface area (Å²) in [6, 6.07) is 5.57. The van der Waals surface area contributed by atoms with Crippen molar-refractivity contribution in [1.29, 1.82) is 0 Å². The number of carbonyl (C=O) groups is 3. The van der Waals surface area contributed by atoms with Crippen LogP contribution in [0.2, 0.25) is 5.02 Å². The first-order valence-corrected chi connectivity index (χ1v) is 13.2. The molecule has 0 bridgehead atoms. The standard InChI is InChI=1S/C30H27ClN2O6/c1-12-26(36)23(14(3)34)28-24(27(12)37)30(4)21(39-28)11-20(35)22(29(30)38)13(2)32-19-7-5-6-16-17-10-15(31)8-9-18(17)33-25(16)19/h8-11,19,32-33,36-37H,5-7H2,1-4H3. The lowest BCUT2D eigenvalue weighted by Gasteiger charge is -2.30. The molecule has 200 valence electrons. The minimum atomic E-state index is -1.55. The van der Waals surface area contributed by atoms with Gasteiger partial charge in [0.2, 0.25) is 0 Å². The second-order valence-corrected chi connectivity index (χ2v) is 11.1. The van der Waals surface area contributed by atoms with E-state index in [0.29, 0.717) is 10.7 Å². The largest absolute Gasteiger partial charge is 0.507 e. The van der Waals surface area contributed by atoms with Crippen LogP contribution in [-0.2, 0) is 21.4 Å². The van der Waals surface area contributed by atoms with E-state index in [9.17, 15) is 24.6 Å². The SMILES string of the molecule is CC(=O)c1c(O)c(C)c(O)c2c1OC1=CC(=O)C(=C(C)NC3CCCc4c3[nH]c3ccc(Cl)cc43)C(=O)C12C. The number of benzene rings is 2. The summed E-state index contributed by atoms with van der Waals surface area (Å²) in [6.07, 6.45) is 3.84. The molecule has 6 rings (SSSR count). The highest BCUT2D eigenvalue weighted by Crippen LogP contribution is 2.57. The average molecular weight is 547 g/mol. The number of aromatic hydroxyl groups is 2. The quantitative estimate of drug-likeness (QED) is 0.197. The minimum Gasteiger partial charge on any atom is -0.507 e. The molecule has 2 aromatic carbocycles. The van der Waals surface area contributed by atoms with Crippen LogP contribution in [0, 0.1) is 6.92 Å². The fourth-order valence-electron chi connectivity index (χ4n) is 6.28. The van der Waals surface area contributed by atoms with Crippen LogP contribution in [-0.4, -0.2) is 32.5 Å². The van der Waals surface area contributed by atoms with Gasteiger partial charge in [-0.05, 0) is 70.7 Å². The first kappa shape index (κ1) is 25.2. The van der Waals surface area contributed by atoms with E-state index in [1.165, 1.54) is 25.5 Å². The summed E-state index contributed by atoms with van der Waals surface area (Å²) in [5, 5.41) is 26.7. The molecule has 0 amide bonds. The van der Waals surface area contributed by atoms with Gasteiger partial charge in [0.15, 0.2) is 17.3 Å². The van der Waals surface area contributed by atoms with Gasteiger partial charge < -0.3 is 25.3 Å². The number of carbonyl (C=O) groups excluding carboxylic acids is 3. The van der Waals surface area contributed by atoms with E-state index >= 15 is 0 Å². The third-order valence-electron chi connectivity index (χ3n) is 8.32. The zero-order valence-corrected chi connectivity index (χ0v) is 22.7. The van der Waals surface area contributed by atoms with Gasteiger partial charge in [-0.1, -0.05) is 11.6 Å². The van der Waals surface area contributed by atoms with Gasteiger partial charge in [0.25, 0.3) is 0 Å². The number of ether oxygens (including phenoxy) is 1. The zero-order chi connectivity index (χ0) is 28.0. The maximum atomic E-state index is 14.1. The van der Waals surface area contributed by atoms with Gasteiger partial charge in [0.1, 0.15) is 34.0 Å². The molecule has 0 saturated heterocycles. The van der Waals surface area contributed by atoms with Crippen molar-refractivity contribution < 1.29 is 29.3 Å². The van der Waals surface area contributed by atoms with Crippen molar-refractivity contribution in [2.75, 3.05) is 0 Å². The third kappa shape index (κ3) is 3.40. The Morgan fingerprint density at radius 1 is 1.21 bits per heavy atom. The fourth-order valence-corrected chi connectivity index (χ4v) is 6.45. The van der Waals surface area contributed by atoms with Crippen molar-refractivity contribution in [2.24, 2.45) is 0 Å². The molecule has 2 heterocycles. The summed E-state index contributed by atoms with van der Waals surface area (Å²) in [5.41, 5.74) is 1.96. The molecule has 1 aliphatic heterocycles. The van der Waals surface area contributed by atoms with Gasteiger partial charge >= 0.3 is 0 Å². The third-order valence-corrected chi connectivity index (χ3v) is 8.55. The normalized spacial score (nSPS) is 23.1. The molecule has 3 aromatic rings. The van der Waals surface area contributed by atoms with E-state index in [4.69, 9.17) is 16.3 Å². The highest BCUT2D eigenvalue weighted by Gasteiger charge is 2.56. The van der Waals surface area contributed by atoms with Crippen LogP contribution in [0.15, 0.2) is 41.3 Å². The average Bonchev–Trinajstić information content (AvgIpc) is 3.39. The van der Waals surface area contributed by atoms with Crippen molar-refractivity contribution >= 4 is 39.9 Å². The van der Waals surface area contributed by atoms with Gasteiger partial charge in [-0.25, -0.2) is 0 Å². The predicted octanol–water partition coefficient (Wildman–Crippen LogP) is 5.37. The van der Waals surface area contributed by atoms with Crippen molar-refractivity contribution in [1.82, 2.24) is 10.3 Å². The van der Waals surface area contributed by atoms with Gasteiger partial charge in [0.05, 0.1) is 17.2 Å². The maximum absolute atomic E-state index is 14.1. The molecular formula is C30H27ClN2O6. The predicted molar refractivity (Wildman–Crippen MR) is 145 cm³/mol. The molecule has 9 heteroatoms. The first-order valence-electron chi connectivity index (χ1n) is 12.8. The van der Waals surface area contributed by atoms with Crippen LogP contribution in [0.25, 0.3) is 10.9 Å². The number of hydrogen-bond donors (Lipinski definition) is 4. The number of H-pyrrole nitrogens is 1. The Kier molecular flexibility index (Phi) is 5.49. The lowest BCUT2D eigenvalue weighted by Crippen LogP contribution is -2.41. The number of phenols is 2. The Labute approximate surface area is 229 Å². The number of ketones is 3. The number of aromatic amines is 1. The number of aromatic nitrogens is 1. The zero-order valence-electron chi connectivity index (χ0n) is 21.9. The Bertz CT molecular complexity index is 1730. The molecular weight excluding hydrogens is 520 g/mol. The number of halogens is 1. The van der Waals surface area contributed by atoms with Crippen LogP contribution in [0.3, 0.4) is 0 Å². The van der Waals surface area contributed by atoms with Crippen molar-refractivity contribution in [3.05, 3.63) is 74.3 Å². The van der Waals surface area contributed by atoms with Gasteiger partial charge in [0, 0.05) is 39.0 Å². The van der Waals surface area contributed by atoms with Gasteiger partial charge in [-0.2, -0.15) is 0 Å². The summed E-state index contributed by atoms with van der Waals surface area (Å²) in [5.74, 6) is -2.42. The second kappa shape index (κ2) is 8.48. The van der Waals surface area contributed by atoms with Crippen LogP contribution in [0.4, 0.5) is 0 Å². The van der Waals surface area contributed by atoms with E-state index in [-0.39, 0.29) is 45.6 Å². The van der Waals surface area contributed by atoms with E-state index < -0.39 is 28.5 Å². The summed E-state index contributed by atoms with van der Waals surface area (Å²) in [4.78, 5) is 43.3. The lowest BCUT2D eigenvalue weighted by molar-refractivity contribution is -0.123. The second-order valence-electron chi connectivity index (χ2n) is 10.7. The smallest absolute Gasteiger partial charge is 0.194 e. The molecule has 8 nitrogen and oxygen atoms in total. The number of nitrogens with one attached hydrogen (secondary N) is 2. The Morgan fingerprint density at radius 2 is 1.95 bits per heavy atom. The van der Waals surface area contributed by atoms with Crippen LogP contribution in [0.5, 0.6) is 17.2 Å². The van der Waals surface area contributed by atoms with Gasteiger partial charge in [-0.15, -0.1) is 0 Å². The molecule has 2 aliphatic carbocycles. The van der Waals surface area contributed by atoms with Crippen LogP contribution < -0.4 is 10.1 Å². The van der Waals surface area contributed by atoms with Crippen molar-refractivity contribution in [3.63, 3.8) is 0 Å². The molecule has 4 N–H and O–H groups in total. The van der Waals surface area contributed by atoms with Crippen molar-refractivity contribution in [2.45, 2.75) is 58.4 Å². The molecule has 0 saturated carbocycles. The highest BCUT2D eigenvalue weighted by atomic mass is 35.5. The number of allylic oxidation sites excluding steroid dienone is 4. The molecule has 39 heavy (non-hydrogen) atoms. The van der Waals surface area contributed by atoms with Crippen LogP contribution >= 0.6 is 11.6 Å². The molecule has 3 aliphatic rings. The van der Waals surface area contributed by atoms with Crippen LogP contribution in [0.1, 0.15) is 72.4 Å². The molecule has 0 spiro atoms. The molecule has 1 aromatic heterocycles. The Hall–Kier alpha value is -4.04. The van der Waals surface area contributed by atoms with E-state index in [2.05, 4.69) is 10.3 Å². The number of rotatable bonds is 3. The fraction of sp³-hybridized carbons (Fsp3) is 0.300. The number of hydrogen-bond acceptors (Lipinski definition) is 7. The van der Waals surface area contributed by atoms with E-state index in [1.54, 1.807) is 13.8 Å². The molecule has 2 unspecified atom stereocenters. The molecule has 0 fully saturated rings. The number of aryl methyl sites for hydroxylation is 1. The summed E-state index contributed by atoms with van der Waals surface area (Å²) >= 11 is 6.24. The summed E-state index contributed by atoms with van der Waals surface area (Å²) in [7, 11) is 0. The topological polar surface area (TPSA) is 129 Å².